The Morgan fingerprint density at radius 1 is 1.43 bits per heavy atom. The van der Waals surface area contributed by atoms with Gasteiger partial charge in [-0.25, -0.2) is 4.79 Å². The van der Waals surface area contributed by atoms with E-state index in [1.165, 1.54) is 18.4 Å². The third-order valence-electron chi connectivity index (χ3n) is 2.89. The van der Waals surface area contributed by atoms with Crippen LogP contribution in [0.3, 0.4) is 0 Å². The average Bonchev–Trinajstić information content (AvgIpc) is 3.12. The zero-order valence-corrected chi connectivity index (χ0v) is 12.5. The van der Waals surface area contributed by atoms with Gasteiger partial charge in [0.2, 0.25) is 0 Å². The molecule has 2 heterocycles. The number of carbonyl (C=O) groups excluding carboxylic acids is 2. The maximum absolute atomic E-state index is 12.3. The summed E-state index contributed by atoms with van der Waals surface area (Å²) < 4.78 is 6.36. The molecule has 112 valence electrons. The topological polar surface area (TPSA) is 80.6 Å². The first-order valence-electron chi connectivity index (χ1n) is 6.30. The molecule has 0 unspecified atom stereocenters. The third kappa shape index (κ3) is 3.32. The van der Waals surface area contributed by atoms with E-state index in [4.69, 9.17) is 5.11 Å². The minimum Gasteiger partial charge on any atom is -0.467 e. The van der Waals surface area contributed by atoms with Gasteiger partial charge in [-0.3, -0.25) is 4.79 Å². The molecule has 7 heteroatoms. The van der Waals surface area contributed by atoms with Crippen LogP contribution in [0.1, 0.15) is 15.2 Å². The van der Waals surface area contributed by atoms with Gasteiger partial charge in [-0.1, -0.05) is 0 Å². The Bertz CT molecular complexity index is 633. The van der Waals surface area contributed by atoms with Crippen LogP contribution in [0, 0.1) is 6.92 Å². The van der Waals surface area contributed by atoms with E-state index in [0.29, 0.717) is 5.56 Å². The van der Waals surface area contributed by atoms with Crippen LogP contribution in [0.25, 0.3) is 5.00 Å². The zero-order chi connectivity index (χ0) is 15.4. The average molecular weight is 308 g/mol. The number of esters is 1. The quantitative estimate of drug-likeness (QED) is 0.811. The molecule has 1 atom stereocenters. The molecule has 0 aliphatic rings. The number of carbonyl (C=O) groups is 2. The van der Waals surface area contributed by atoms with Gasteiger partial charge in [0.1, 0.15) is 5.00 Å². The summed E-state index contributed by atoms with van der Waals surface area (Å²) in [5.41, 5.74) is 0.455. The summed E-state index contributed by atoms with van der Waals surface area (Å²) in [6.45, 7) is 1.39. The third-order valence-corrected chi connectivity index (χ3v) is 3.96. The van der Waals surface area contributed by atoms with Crippen molar-refractivity contribution in [2.75, 3.05) is 13.7 Å². The van der Waals surface area contributed by atoms with Crippen molar-refractivity contribution in [1.29, 1.82) is 0 Å². The van der Waals surface area contributed by atoms with Gasteiger partial charge in [-0.2, -0.15) is 0 Å². The van der Waals surface area contributed by atoms with Gasteiger partial charge in [-0.05, 0) is 25.1 Å². The van der Waals surface area contributed by atoms with Gasteiger partial charge in [0.25, 0.3) is 5.91 Å². The van der Waals surface area contributed by atoms with Crippen LogP contribution in [0.5, 0.6) is 0 Å². The molecule has 21 heavy (non-hydrogen) atoms. The lowest BCUT2D eigenvalue weighted by Crippen LogP contribution is -2.44. The molecule has 1 amide bonds. The van der Waals surface area contributed by atoms with Crippen LogP contribution < -0.4 is 5.32 Å². The Morgan fingerprint density at radius 2 is 2.10 bits per heavy atom. The van der Waals surface area contributed by atoms with Gasteiger partial charge in [0.05, 0.1) is 19.3 Å². The van der Waals surface area contributed by atoms with Gasteiger partial charge in [0, 0.05) is 17.3 Å². The Kier molecular flexibility index (Phi) is 4.77. The maximum Gasteiger partial charge on any atom is 0.330 e. The number of methoxy groups -OCH3 is 1. The lowest BCUT2D eigenvalue weighted by atomic mass is 10.2. The number of aromatic nitrogens is 1. The molecule has 0 aliphatic carbocycles. The fourth-order valence-corrected chi connectivity index (χ4v) is 2.85. The number of nitrogens with one attached hydrogen (secondary N) is 1. The summed E-state index contributed by atoms with van der Waals surface area (Å²) in [4.78, 5) is 24.7. The summed E-state index contributed by atoms with van der Waals surface area (Å²) in [6, 6.07) is 4.41. The van der Waals surface area contributed by atoms with Crippen LogP contribution in [-0.2, 0) is 9.53 Å². The van der Waals surface area contributed by atoms with Crippen LogP contribution in [0.2, 0.25) is 0 Å². The van der Waals surface area contributed by atoms with Crippen molar-refractivity contribution in [3.8, 4) is 5.00 Å². The second-order valence-corrected chi connectivity index (χ2v) is 5.63. The second kappa shape index (κ2) is 6.55. The van der Waals surface area contributed by atoms with Crippen LogP contribution in [0.15, 0.2) is 30.6 Å². The first-order valence-corrected chi connectivity index (χ1v) is 7.11. The minimum atomic E-state index is -1.07. The Morgan fingerprint density at radius 3 is 2.67 bits per heavy atom. The number of hydrogen-bond acceptors (Lipinski definition) is 5. The number of ether oxygens (including phenoxy) is 1. The SMILES string of the molecule is COC(=O)[C@H](CO)NC(=O)c1cc(C)sc1-n1cccc1. The summed E-state index contributed by atoms with van der Waals surface area (Å²) in [6.07, 6.45) is 3.68. The molecule has 0 radical (unpaired) electrons. The first-order chi connectivity index (χ1) is 10.1. The number of nitrogens with zero attached hydrogens (tertiary/aromatic N) is 1. The number of amides is 1. The molecule has 0 aromatic carbocycles. The van der Waals surface area contributed by atoms with Crippen molar-refractivity contribution in [1.82, 2.24) is 9.88 Å². The van der Waals surface area contributed by atoms with E-state index in [1.807, 2.05) is 36.0 Å². The van der Waals surface area contributed by atoms with E-state index >= 15 is 0 Å². The highest BCUT2D eigenvalue weighted by molar-refractivity contribution is 7.14. The molecular formula is C14H16N2O4S. The molecule has 0 spiro atoms. The molecule has 2 rings (SSSR count). The number of rotatable bonds is 5. The largest absolute Gasteiger partial charge is 0.467 e. The van der Waals surface area contributed by atoms with Gasteiger partial charge < -0.3 is 19.7 Å². The highest BCUT2D eigenvalue weighted by Gasteiger charge is 2.23. The summed E-state index contributed by atoms with van der Waals surface area (Å²) in [5, 5.41) is 12.4. The first kappa shape index (κ1) is 15.3. The summed E-state index contributed by atoms with van der Waals surface area (Å²) in [5.74, 6) is -1.10. The highest BCUT2D eigenvalue weighted by Crippen LogP contribution is 2.26. The zero-order valence-electron chi connectivity index (χ0n) is 11.7. The Labute approximate surface area is 126 Å². The molecule has 0 saturated carbocycles. The van der Waals surface area contributed by atoms with Crippen molar-refractivity contribution in [3.63, 3.8) is 0 Å². The normalized spacial score (nSPS) is 12.0. The fourth-order valence-electron chi connectivity index (χ4n) is 1.88. The molecule has 2 aromatic rings. The van der Waals surface area contributed by atoms with Crippen molar-refractivity contribution in [2.24, 2.45) is 0 Å². The lowest BCUT2D eigenvalue weighted by molar-refractivity contribution is -0.143. The van der Waals surface area contributed by atoms with E-state index in [1.54, 1.807) is 6.07 Å². The van der Waals surface area contributed by atoms with Crippen molar-refractivity contribution in [2.45, 2.75) is 13.0 Å². The molecular weight excluding hydrogens is 292 g/mol. The van der Waals surface area contributed by atoms with E-state index in [9.17, 15) is 9.59 Å². The smallest absolute Gasteiger partial charge is 0.330 e. The second-order valence-electron chi connectivity index (χ2n) is 4.40. The molecule has 2 aromatic heterocycles. The number of hydrogen-bond donors (Lipinski definition) is 2. The van der Waals surface area contributed by atoms with Crippen LogP contribution in [0.4, 0.5) is 0 Å². The number of thiophene rings is 1. The van der Waals surface area contributed by atoms with Crippen LogP contribution >= 0.6 is 11.3 Å². The van der Waals surface area contributed by atoms with Gasteiger partial charge in [-0.15, -0.1) is 11.3 Å². The minimum absolute atomic E-state index is 0.424. The Hall–Kier alpha value is -2.12. The molecule has 0 aliphatic heterocycles. The lowest BCUT2D eigenvalue weighted by Gasteiger charge is -2.14. The predicted molar refractivity (Wildman–Crippen MR) is 78.7 cm³/mol. The van der Waals surface area contributed by atoms with Gasteiger partial charge in [0.15, 0.2) is 6.04 Å². The molecule has 6 nitrogen and oxygen atoms in total. The summed E-state index contributed by atoms with van der Waals surface area (Å²) in [7, 11) is 1.21. The highest BCUT2D eigenvalue weighted by atomic mass is 32.1. The standard InChI is InChI=1S/C14H16N2O4S/c1-9-7-10(13(21-9)16-5-3-4-6-16)12(18)15-11(8-17)14(19)20-2/h3-7,11,17H,8H2,1-2H3,(H,15,18)/t11-/m0/s1. The van der Waals surface area contributed by atoms with Crippen molar-refractivity contribution in [3.05, 3.63) is 41.0 Å². The van der Waals surface area contributed by atoms with Gasteiger partial charge >= 0.3 is 5.97 Å². The van der Waals surface area contributed by atoms with E-state index in [-0.39, 0.29) is 0 Å². The molecule has 2 N–H and O–H groups in total. The Balaban J connectivity index is 2.26. The monoisotopic (exact) mass is 308 g/mol. The number of aliphatic hydroxyl groups is 1. The van der Waals surface area contributed by atoms with Crippen molar-refractivity contribution < 1.29 is 19.4 Å². The van der Waals surface area contributed by atoms with E-state index in [0.717, 1.165) is 9.88 Å². The van der Waals surface area contributed by atoms with Crippen LogP contribution in [-0.4, -0.2) is 41.3 Å². The molecule has 0 bridgehead atoms. The summed E-state index contributed by atoms with van der Waals surface area (Å²) >= 11 is 1.47. The fraction of sp³-hybridized carbons (Fsp3) is 0.286. The number of aliphatic hydroxyl groups excluding tert-OH is 1. The predicted octanol–water partition coefficient (Wildman–Crippen LogP) is 1.11. The number of aryl methyl sites for hydroxylation is 1. The van der Waals surface area contributed by atoms with Crippen molar-refractivity contribution >= 4 is 23.2 Å². The van der Waals surface area contributed by atoms with E-state index in [2.05, 4.69) is 10.1 Å². The molecule has 0 saturated heterocycles. The van der Waals surface area contributed by atoms with E-state index < -0.39 is 24.5 Å². The maximum atomic E-state index is 12.3. The molecule has 0 fully saturated rings.